The van der Waals surface area contributed by atoms with Gasteiger partial charge >= 0.3 is 0 Å². The maximum Gasteiger partial charge on any atom is 0.260 e. The first-order valence-corrected chi connectivity index (χ1v) is 8.43. The highest BCUT2D eigenvalue weighted by Gasteiger charge is 2.26. The lowest BCUT2D eigenvalue weighted by Gasteiger charge is -2.22. The van der Waals surface area contributed by atoms with Crippen LogP contribution in [0.5, 0.6) is 0 Å². The molecule has 112 valence electrons. The van der Waals surface area contributed by atoms with Crippen molar-refractivity contribution in [3.63, 3.8) is 0 Å². The molecule has 2 heterocycles. The highest BCUT2D eigenvalue weighted by Crippen LogP contribution is 2.19. The van der Waals surface area contributed by atoms with Crippen LogP contribution in [-0.2, 0) is 10.0 Å². The quantitative estimate of drug-likeness (QED) is 0.816. The van der Waals surface area contributed by atoms with Gasteiger partial charge in [0.2, 0.25) is 0 Å². The SMILES string of the molecule is CCN1CCCC1CNS(=O)(=O)c1ncccc1NC. The van der Waals surface area contributed by atoms with Crippen LogP contribution in [0.4, 0.5) is 5.69 Å². The first-order chi connectivity index (χ1) is 9.58. The lowest BCUT2D eigenvalue weighted by Crippen LogP contribution is -2.40. The summed E-state index contributed by atoms with van der Waals surface area (Å²) in [6.07, 6.45) is 3.66. The summed E-state index contributed by atoms with van der Waals surface area (Å²) in [5.74, 6) is 0. The van der Waals surface area contributed by atoms with Crippen LogP contribution in [0.15, 0.2) is 23.4 Å². The average molecular weight is 298 g/mol. The number of nitrogens with zero attached hydrogens (tertiary/aromatic N) is 2. The second-order valence-corrected chi connectivity index (χ2v) is 6.56. The molecule has 1 aliphatic heterocycles. The Bertz CT molecular complexity index is 547. The molecule has 1 unspecified atom stereocenters. The van der Waals surface area contributed by atoms with Gasteiger partial charge in [-0.1, -0.05) is 6.92 Å². The Kier molecular flexibility index (Phi) is 4.95. The zero-order valence-electron chi connectivity index (χ0n) is 12.0. The molecule has 1 saturated heterocycles. The number of likely N-dealkylation sites (tertiary alicyclic amines) is 1. The van der Waals surface area contributed by atoms with E-state index in [1.54, 1.807) is 19.2 Å². The number of hydrogen-bond donors (Lipinski definition) is 2. The van der Waals surface area contributed by atoms with Gasteiger partial charge in [0, 0.05) is 25.8 Å². The molecular formula is C13H22N4O2S. The molecule has 1 aromatic rings. The third-order valence-corrected chi connectivity index (χ3v) is 5.09. The Morgan fingerprint density at radius 3 is 3.00 bits per heavy atom. The number of anilines is 1. The Morgan fingerprint density at radius 2 is 2.30 bits per heavy atom. The molecule has 0 aliphatic carbocycles. The van der Waals surface area contributed by atoms with Gasteiger partial charge in [0.1, 0.15) is 0 Å². The van der Waals surface area contributed by atoms with Crippen molar-refractivity contribution in [3.8, 4) is 0 Å². The summed E-state index contributed by atoms with van der Waals surface area (Å²) in [6, 6.07) is 3.70. The zero-order valence-corrected chi connectivity index (χ0v) is 12.8. The topological polar surface area (TPSA) is 74.3 Å². The van der Waals surface area contributed by atoms with E-state index in [1.165, 1.54) is 6.20 Å². The van der Waals surface area contributed by atoms with E-state index in [-0.39, 0.29) is 11.1 Å². The van der Waals surface area contributed by atoms with Crippen LogP contribution in [0.1, 0.15) is 19.8 Å². The number of aromatic nitrogens is 1. The standard InChI is InChI=1S/C13H22N4O2S/c1-3-17-9-5-6-11(17)10-16-20(18,19)13-12(14-2)7-4-8-15-13/h4,7-8,11,14,16H,3,5-6,9-10H2,1-2H3. The second kappa shape index (κ2) is 6.51. The maximum absolute atomic E-state index is 12.3. The minimum atomic E-state index is -3.57. The summed E-state index contributed by atoms with van der Waals surface area (Å²) in [7, 11) is -1.89. The first kappa shape index (κ1) is 15.2. The van der Waals surface area contributed by atoms with E-state index in [4.69, 9.17) is 0 Å². The fraction of sp³-hybridized carbons (Fsp3) is 0.615. The monoisotopic (exact) mass is 298 g/mol. The zero-order chi connectivity index (χ0) is 14.6. The van der Waals surface area contributed by atoms with Gasteiger partial charge in [-0.3, -0.25) is 4.90 Å². The van der Waals surface area contributed by atoms with Crippen LogP contribution in [0.25, 0.3) is 0 Å². The third-order valence-electron chi connectivity index (χ3n) is 3.71. The van der Waals surface area contributed by atoms with E-state index in [0.29, 0.717) is 12.2 Å². The molecule has 1 fully saturated rings. The molecule has 0 amide bonds. The normalized spacial score (nSPS) is 20.2. The molecule has 6 nitrogen and oxygen atoms in total. The summed E-state index contributed by atoms with van der Waals surface area (Å²) in [5, 5.41) is 2.92. The summed E-state index contributed by atoms with van der Waals surface area (Å²) in [4.78, 5) is 6.28. The van der Waals surface area contributed by atoms with Gasteiger partial charge < -0.3 is 5.32 Å². The molecule has 0 bridgehead atoms. The minimum absolute atomic E-state index is 0.0588. The van der Waals surface area contributed by atoms with Crippen molar-refractivity contribution in [1.82, 2.24) is 14.6 Å². The largest absolute Gasteiger partial charge is 0.386 e. The lowest BCUT2D eigenvalue weighted by molar-refractivity contribution is 0.268. The number of likely N-dealkylation sites (N-methyl/N-ethyl adjacent to an activating group) is 1. The number of hydrogen-bond acceptors (Lipinski definition) is 5. The van der Waals surface area contributed by atoms with Crippen molar-refractivity contribution in [2.75, 3.05) is 32.0 Å². The van der Waals surface area contributed by atoms with Crippen molar-refractivity contribution in [2.24, 2.45) is 0 Å². The third kappa shape index (κ3) is 3.28. The number of pyridine rings is 1. The summed E-state index contributed by atoms with van der Waals surface area (Å²) in [6.45, 7) is 4.55. The summed E-state index contributed by atoms with van der Waals surface area (Å²) < 4.78 is 27.3. The molecule has 2 N–H and O–H groups in total. The van der Waals surface area contributed by atoms with Gasteiger partial charge in [-0.15, -0.1) is 0 Å². The molecule has 0 spiro atoms. The van der Waals surface area contributed by atoms with Crippen molar-refractivity contribution >= 4 is 15.7 Å². The second-order valence-electron chi connectivity index (χ2n) is 4.88. The predicted molar refractivity (Wildman–Crippen MR) is 79.2 cm³/mol. The van der Waals surface area contributed by atoms with Gasteiger partial charge in [-0.05, 0) is 38.1 Å². The number of sulfonamides is 1. The van der Waals surface area contributed by atoms with Crippen molar-refractivity contribution < 1.29 is 8.42 Å². The summed E-state index contributed by atoms with van der Waals surface area (Å²) in [5.41, 5.74) is 0.513. The van der Waals surface area contributed by atoms with Crippen molar-refractivity contribution in [1.29, 1.82) is 0 Å². The van der Waals surface area contributed by atoms with Crippen LogP contribution in [0.2, 0.25) is 0 Å². The van der Waals surface area contributed by atoms with E-state index in [9.17, 15) is 8.42 Å². The molecule has 0 saturated carbocycles. The van der Waals surface area contributed by atoms with E-state index >= 15 is 0 Å². The Hall–Kier alpha value is -1.18. The van der Waals surface area contributed by atoms with E-state index in [0.717, 1.165) is 25.9 Å². The number of rotatable bonds is 6. The predicted octanol–water partition coefficient (Wildman–Crippen LogP) is 0.886. The van der Waals surface area contributed by atoms with Gasteiger partial charge in [0.05, 0.1) is 5.69 Å². The molecule has 20 heavy (non-hydrogen) atoms. The van der Waals surface area contributed by atoms with Crippen molar-refractivity contribution in [3.05, 3.63) is 18.3 Å². The molecule has 1 aromatic heterocycles. The molecule has 1 atom stereocenters. The Labute approximate surface area is 120 Å². The number of nitrogens with one attached hydrogen (secondary N) is 2. The fourth-order valence-corrected chi connectivity index (χ4v) is 3.82. The van der Waals surface area contributed by atoms with Crippen LogP contribution in [-0.4, -0.2) is 51.0 Å². The molecule has 1 aliphatic rings. The van der Waals surface area contributed by atoms with Gasteiger partial charge in [0.15, 0.2) is 5.03 Å². The van der Waals surface area contributed by atoms with Crippen molar-refractivity contribution in [2.45, 2.75) is 30.8 Å². The molecule has 0 radical (unpaired) electrons. The highest BCUT2D eigenvalue weighted by atomic mass is 32.2. The molecular weight excluding hydrogens is 276 g/mol. The van der Waals surface area contributed by atoms with Crippen LogP contribution >= 0.6 is 0 Å². The van der Waals surface area contributed by atoms with Crippen LogP contribution in [0.3, 0.4) is 0 Å². The smallest absolute Gasteiger partial charge is 0.260 e. The molecule has 2 rings (SSSR count). The van der Waals surface area contributed by atoms with Gasteiger partial charge in [-0.25, -0.2) is 18.1 Å². The van der Waals surface area contributed by atoms with Gasteiger partial charge in [0.25, 0.3) is 10.0 Å². The van der Waals surface area contributed by atoms with Gasteiger partial charge in [-0.2, -0.15) is 0 Å². The van der Waals surface area contributed by atoms with E-state index in [1.807, 2.05) is 0 Å². The fourth-order valence-electron chi connectivity index (χ4n) is 2.61. The minimum Gasteiger partial charge on any atom is -0.386 e. The summed E-state index contributed by atoms with van der Waals surface area (Å²) >= 11 is 0. The lowest BCUT2D eigenvalue weighted by atomic mass is 10.2. The van der Waals surface area contributed by atoms with E-state index in [2.05, 4.69) is 26.8 Å². The van der Waals surface area contributed by atoms with Crippen LogP contribution < -0.4 is 10.0 Å². The molecule has 0 aromatic carbocycles. The first-order valence-electron chi connectivity index (χ1n) is 6.95. The Balaban J connectivity index is 2.08. The average Bonchev–Trinajstić information content (AvgIpc) is 2.92. The highest BCUT2D eigenvalue weighted by molar-refractivity contribution is 7.89. The van der Waals surface area contributed by atoms with Crippen LogP contribution in [0, 0.1) is 0 Å². The van der Waals surface area contributed by atoms with E-state index < -0.39 is 10.0 Å². The Morgan fingerprint density at radius 1 is 1.50 bits per heavy atom. The maximum atomic E-state index is 12.3. The molecule has 7 heteroatoms.